The summed E-state index contributed by atoms with van der Waals surface area (Å²) in [6, 6.07) is 46.8. The van der Waals surface area contributed by atoms with Gasteiger partial charge in [0.2, 0.25) is 0 Å². The lowest BCUT2D eigenvalue weighted by Crippen LogP contribution is -1.95. The van der Waals surface area contributed by atoms with Gasteiger partial charge in [-0.25, -0.2) is 0 Å². The van der Waals surface area contributed by atoms with Gasteiger partial charge in [-0.2, -0.15) is 0 Å². The molecule has 0 bridgehead atoms. The predicted molar refractivity (Wildman–Crippen MR) is 207 cm³/mol. The summed E-state index contributed by atoms with van der Waals surface area (Å²) in [5.74, 6) is 0. The van der Waals surface area contributed by atoms with Crippen LogP contribution in [0.3, 0.4) is 0 Å². The average Bonchev–Trinajstić information content (AvgIpc) is 3.71. The first-order valence-electron chi connectivity index (χ1n) is 17.0. The van der Waals surface area contributed by atoms with Crippen molar-refractivity contribution in [3.05, 3.63) is 170 Å². The van der Waals surface area contributed by atoms with Gasteiger partial charge in [0, 0.05) is 63.4 Å². The van der Waals surface area contributed by atoms with Gasteiger partial charge in [0.05, 0.1) is 45.2 Å². The first kappa shape index (κ1) is 29.0. The fraction of sp³-hybridized carbons (Fsp3) is 0.0222. The fourth-order valence-electron chi connectivity index (χ4n) is 7.38. The summed E-state index contributed by atoms with van der Waals surface area (Å²) in [6.45, 7) is 2.13. The average molecular weight is 655 g/mol. The molecule has 10 aromatic rings. The molecule has 0 atom stereocenters. The summed E-state index contributed by atoms with van der Waals surface area (Å²) < 4.78 is 4.57. The largest absolute Gasteiger partial charge is 0.308 e. The van der Waals surface area contributed by atoms with Gasteiger partial charge < -0.3 is 9.13 Å². The molecule has 6 aromatic heterocycles. The maximum Gasteiger partial charge on any atom is 0.0963 e. The van der Waals surface area contributed by atoms with Crippen molar-refractivity contribution in [2.45, 2.75) is 6.92 Å². The number of para-hydroxylation sites is 1. The Morgan fingerprint density at radius 1 is 0.412 bits per heavy atom. The zero-order chi connectivity index (χ0) is 33.9. The minimum absolute atomic E-state index is 0.834. The standard InChI is InChI=1S/C45H30N6/c1-29-11-20-42-38(24-29)36-21-23-46-28-44(36)51(42)35-7-4-6-31(25-35)33-15-19-40(49-27-33)39-18-14-32(26-48-39)30-12-16-34(17-13-30)50-41-9-3-2-8-37(41)45-43(50)10-5-22-47-45/h2-28H,1H3. The van der Waals surface area contributed by atoms with Crippen LogP contribution < -0.4 is 0 Å². The predicted octanol–water partition coefficient (Wildman–Crippen LogP) is 10.8. The third-order valence-electron chi connectivity index (χ3n) is 9.84. The molecule has 4 aromatic carbocycles. The molecular weight excluding hydrogens is 625 g/mol. The molecule has 0 spiro atoms. The molecule has 0 N–H and O–H groups in total. The maximum absolute atomic E-state index is 4.83. The van der Waals surface area contributed by atoms with Gasteiger partial charge in [0.25, 0.3) is 0 Å². The molecule has 0 saturated carbocycles. The number of fused-ring (bicyclic) bond motifs is 6. The van der Waals surface area contributed by atoms with Crippen LogP contribution in [0.2, 0.25) is 0 Å². The maximum atomic E-state index is 4.83. The Balaban J connectivity index is 0.921. The van der Waals surface area contributed by atoms with E-state index in [-0.39, 0.29) is 0 Å². The second-order valence-corrected chi connectivity index (χ2v) is 12.9. The number of rotatable bonds is 5. The number of hydrogen-bond acceptors (Lipinski definition) is 4. The fourth-order valence-corrected chi connectivity index (χ4v) is 7.38. The zero-order valence-corrected chi connectivity index (χ0v) is 27.8. The second-order valence-electron chi connectivity index (χ2n) is 12.9. The van der Waals surface area contributed by atoms with Crippen molar-refractivity contribution in [2.75, 3.05) is 0 Å². The highest BCUT2D eigenvalue weighted by atomic mass is 15.0. The molecule has 6 nitrogen and oxygen atoms in total. The van der Waals surface area contributed by atoms with Crippen LogP contribution in [-0.2, 0) is 0 Å². The second kappa shape index (κ2) is 11.6. The zero-order valence-electron chi connectivity index (χ0n) is 27.8. The molecule has 0 aliphatic carbocycles. The summed E-state index contributed by atoms with van der Waals surface area (Å²) in [4.78, 5) is 18.8. The van der Waals surface area contributed by atoms with E-state index in [1.54, 1.807) is 0 Å². The van der Waals surface area contributed by atoms with Crippen molar-refractivity contribution in [1.29, 1.82) is 0 Å². The van der Waals surface area contributed by atoms with Crippen LogP contribution in [0.5, 0.6) is 0 Å². The van der Waals surface area contributed by atoms with Crippen LogP contribution in [0, 0.1) is 6.92 Å². The molecule has 0 amide bonds. The Hall–Kier alpha value is -6.92. The van der Waals surface area contributed by atoms with Crippen molar-refractivity contribution in [3.63, 3.8) is 0 Å². The number of nitrogens with zero attached hydrogens (tertiary/aromatic N) is 6. The Labute approximate surface area is 294 Å². The third kappa shape index (κ3) is 4.80. The Morgan fingerprint density at radius 2 is 1.14 bits per heavy atom. The molecule has 0 unspecified atom stereocenters. The number of benzene rings is 4. The summed E-state index contributed by atoms with van der Waals surface area (Å²) in [5.41, 5.74) is 14.9. The van der Waals surface area contributed by atoms with Gasteiger partial charge in [-0.1, -0.05) is 66.2 Å². The van der Waals surface area contributed by atoms with Gasteiger partial charge in [-0.3, -0.25) is 19.9 Å². The Bertz CT molecular complexity index is 2850. The minimum atomic E-state index is 0.834. The van der Waals surface area contributed by atoms with E-state index in [2.05, 4.69) is 141 Å². The molecule has 6 heteroatoms. The summed E-state index contributed by atoms with van der Waals surface area (Å²) in [7, 11) is 0. The summed E-state index contributed by atoms with van der Waals surface area (Å²) >= 11 is 0. The lowest BCUT2D eigenvalue weighted by Gasteiger charge is -2.11. The van der Waals surface area contributed by atoms with E-state index in [9.17, 15) is 0 Å². The van der Waals surface area contributed by atoms with Crippen LogP contribution in [-0.4, -0.2) is 29.1 Å². The summed E-state index contributed by atoms with van der Waals surface area (Å²) in [6.07, 6.45) is 9.53. The molecule has 51 heavy (non-hydrogen) atoms. The minimum Gasteiger partial charge on any atom is -0.308 e. The summed E-state index contributed by atoms with van der Waals surface area (Å²) in [5, 5.41) is 3.59. The van der Waals surface area contributed by atoms with Gasteiger partial charge in [0.1, 0.15) is 0 Å². The highest BCUT2D eigenvalue weighted by Gasteiger charge is 2.15. The van der Waals surface area contributed by atoms with Gasteiger partial charge in [0.15, 0.2) is 0 Å². The van der Waals surface area contributed by atoms with Gasteiger partial charge in [-0.05, 0) is 90.8 Å². The first-order chi connectivity index (χ1) is 25.2. The number of aromatic nitrogens is 6. The van der Waals surface area contributed by atoms with Gasteiger partial charge >= 0.3 is 0 Å². The van der Waals surface area contributed by atoms with E-state index in [0.29, 0.717) is 0 Å². The topological polar surface area (TPSA) is 61.4 Å². The normalized spacial score (nSPS) is 11.6. The van der Waals surface area contributed by atoms with E-state index < -0.39 is 0 Å². The Kier molecular flexibility index (Phi) is 6.61. The molecule has 240 valence electrons. The SMILES string of the molecule is Cc1ccc2c(c1)c1ccncc1n2-c1cccc(-c2ccc(-c3ccc(-c4ccc(-n5c6ccccc6c6ncccc65)cc4)cn3)nc2)c1. The highest BCUT2D eigenvalue weighted by molar-refractivity contribution is 6.09. The monoisotopic (exact) mass is 654 g/mol. The number of pyridine rings is 4. The lowest BCUT2D eigenvalue weighted by atomic mass is 10.0. The first-order valence-corrected chi connectivity index (χ1v) is 17.0. The molecule has 0 aliphatic rings. The lowest BCUT2D eigenvalue weighted by molar-refractivity contribution is 1.16. The quantitative estimate of drug-likeness (QED) is 0.185. The van der Waals surface area contributed by atoms with Gasteiger partial charge in [-0.15, -0.1) is 0 Å². The van der Waals surface area contributed by atoms with Crippen LogP contribution >= 0.6 is 0 Å². The molecule has 0 radical (unpaired) electrons. The number of hydrogen-bond donors (Lipinski definition) is 0. The van der Waals surface area contributed by atoms with Crippen LogP contribution in [0.15, 0.2) is 164 Å². The van der Waals surface area contributed by atoms with Crippen molar-refractivity contribution in [2.24, 2.45) is 0 Å². The molecular formula is C45H30N6. The van der Waals surface area contributed by atoms with Crippen molar-refractivity contribution >= 4 is 43.7 Å². The molecule has 0 saturated heterocycles. The van der Waals surface area contributed by atoms with E-state index in [1.165, 1.54) is 21.9 Å². The van der Waals surface area contributed by atoms with E-state index in [1.807, 2.05) is 49.2 Å². The van der Waals surface area contributed by atoms with E-state index in [0.717, 1.165) is 72.5 Å². The molecule has 6 heterocycles. The smallest absolute Gasteiger partial charge is 0.0963 e. The Morgan fingerprint density at radius 3 is 1.94 bits per heavy atom. The van der Waals surface area contributed by atoms with E-state index in [4.69, 9.17) is 9.97 Å². The molecule has 0 fully saturated rings. The van der Waals surface area contributed by atoms with Crippen LogP contribution in [0.25, 0.3) is 88.8 Å². The van der Waals surface area contributed by atoms with Crippen molar-refractivity contribution in [3.8, 4) is 45.0 Å². The van der Waals surface area contributed by atoms with Crippen molar-refractivity contribution in [1.82, 2.24) is 29.1 Å². The highest BCUT2D eigenvalue weighted by Crippen LogP contribution is 2.34. The molecule has 0 aliphatic heterocycles. The third-order valence-corrected chi connectivity index (χ3v) is 9.84. The van der Waals surface area contributed by atoms with Crippen LogP contribution in [0.4, 0.5) is 0 Å². The van der Waals surface area contributed by atoms with Crippen molar-refractivity contribution < 1.29 is 0 Å². The van der Waals surface area contributed by atoms with Crippen LogP contribution in [0.1, 0.15) is 5.56 Å². The molecule has 10 rings (SSSR count). The number of aryl methyl sites for hydroxylation is 1. The van der Waals surface area contributed by atoms with E-state index >= 15 is 0 Å².